The minimum absolute atomic E-state index is 0.0254. The molecule has 2 aromatic carbocycles. The Hall–Kier alpha value is -2.92. The maximum Gasteiger partial charge on any atom is 0.266 e. The molecule has 0 fully saturated rings. The summed E-state index contributed by atoms with van der Waals surface area (Å²) < 4.78 is 5.26. The lowest BCUT2D eigenvalue weighted by atomic mass is 10.1. The third-order valence-electron chi connectivity index (χ3n) is 3.03. The van der Waals surface area contributed by atoms with Crippen molar-refractivity contribution in [2.75, 3.05) is 11.9 Å². The zero-order valence-corrected chi connectivity index (χ0v) is 14.4. The number of carbonyl (C=O) groups is 1. The second-order valence-electron chi connectivity index (χ2n) is 4.80. The molecule has 4 nitrogen and oxygen atoms in total. The van der Waals surface area contributed by atoms with Crippen molar-refractivity contribution in [3.63, 3.8) is 0 Å². The van der Waals surface area contributed by atoms with Gasteiger partial charge in [0, 0.05) is 5.69 Å². The number of nitriles is 1. The number of hydrogen-bond acceptors (Lipinski definition) is 3. The van der Waals surface area contributed by atoms with E-state index in [0.29, 0.717) is 11.3 Å². The van der Waals surface area contributed by atoms with Crippen LogP contribution in [0.3, 0.4) is 0 Å². The van der Waals surface area contributed by atoms with Gasteiger partial charge in [-0.15, -0.1) is 6.42 Å². The number of halogens is 2. The number of carbonyl (C=O) groups excluding carboxylic acids is 1. The molecule has 124 valence electrons. The van der Waals surface area contributed by atoms with Crippen molar-refractivity contribution in [3.05, 3.63) is 63.6 Å². The molecule has 0 radical (unpaired) electrons. The van der Waals surface area contributed by atoms with Crippen molar-refractivity contribution >= 4 is 40.9 Å². The van der Waals surface area contributed by atoms with Crippen LogP contribution in [-0.2, 0) is 4.79 Å². The molecule has 6 heteroatoms. The Balaban J connectivity index is 2.26. The van der Waals surface area contributed by atoms with Gasteiger partial charge in [0.15, 0.2) is 5.75 Å². The Morgan fingerprint density at radius 2 is 1.88 bits per heavy atom. The number of anilines is 1. The minimum atomic E-state index is -0.534. The number of nitrogens with zero attached hydrogens (tertiary/aromatic N) is 1. The van der Waals surface area contributed by atoms with Gasteiger partial charge in [0.25, 0.3) is 5.91 Å². The zero-order valence-electron chi connectivity index (χ0n) is 12.9. The van der Waals surface area contributed by atoms with E-state index in [2.05, 4.69) is 11.2 Å². The quantitative estimate of drug-likeness (QED) is 0.477. The lowest BCUT2D eigenvalue weighted by molar-refractivity contribution is -0.112. The highest BCUT2D eigenvalue weighted by atomic mass is 35.5. The molecule has 25 heavy (non-hydrogen) atoms. The fourth-order valence-corrected chi connectivity index (χ4v) is 2.56. The highest BCUT2D eigenvalue weighted by Gasteiger charge is 2.12. The highest BCUT2D eigenvalue weighted by Crippen LogP contribution is 2.34. The van der Waals surface area contributed by atoms with E-state index in [9.17, 15) is 10.1 Å². The summed E-state index contributed by atoms with van der Waals surface area (Å²) in [7, 11) is 0. The predicted octanol–water partition coefficient (Wildman–Crippen LogP) is 4.55. The largest absolute Gasteiger partial charge is 0.478 e. The number of nitrogens with one attached hydrogen (secondary N) is 1. The van der Waals surface area contributed by atoms with Crippen LogP contribution < -0.4 is 10.1 Å². The number of amides is 1. The summed E-state index contributed by atoms with van der Waals surface area (Å²) in [5.74, 6) is 2.04. The van der Waals surface area contributed by atoms with Gasteiger partial charge in [-0.25, -0.2) is 0 Å². The molecule has 0 aliphatic carbocycles. The summed E-state index contributed by atoms with van der Waals surface area (Å²) in [6.07, 6.45) is 6.53. The van der Waals surface area contributed by atoms with E-state index in [0.717, 1.165) is 0 Å². The monoisotopic (exact) mass is 370 g/mol. The molecule has 1 N–H and O–H groups in total. The van der Waals surface area contributed by atoms with E-state index in [1.807, 2.05) is 12.1 Å². The Bertz CT molecular complexity index is 871. The van der Waals surface area contributed by atoms with Crippen LogP contribution in [0.5, 0.6) is 5.75 Å². The summed E-state index contributed by atoms with van der Waals surface area (Å²) in [6, 6.07) is 13.8. The molecule has 0 aliphatic rings. The standard InChI is InChI=1S/C19H12Cl2N2O2/c1-2-8-25-18-16(20)10-13(11-17(18)21)9-14(12-22)19(24)23-15-6-4-3-5-7-15/h1,3-7,9-11H,8H2,(H,23,24)/b14-9-. The fourth-order valence-electron chi connectivity index (χ4n) is 1.95. The van der Waals surface area contributed by atoms with Gasteiger partial charge < -0.3 is 10.1 Å². The lowest BCUT2D eigenvalue weighted by Crippen LogP contribution is -2.13. The number of rotatable bonds is 5. The molecule has 0 aliphatic heterocycles. The van der Waals surface area contributed by atoms with Gasteiger partial charge in [-0.3, -0.25) is 4.79 Å². The van der Waals surface area contributed by atoms with Gasteiger partial charge >= 0.3 is 0 Å². The molecule has 0 unspecified atom stereocenters. The van der Waals surface area contributed by atoms with E-state index in [1.165, 1.54) is 18.2 Å². The highest BCUT2D eigenvalue weighted by molar-refractivity contribution is 6.37. The Morgan fingerprint density at radius 1 is 1.24 bits per heavy atom. The molecule has 1 amide bonds. The van der Waals surface area contributed by atoms with Crippen LogP contribution in [0, 0.1) is 23.7 Å². The maximum atomic E-state index is 12.2. The molecule has 0 atom stereocenters. The van der Waals surface area contributed by atoms with Gasteiger partial charge in [0.05, 0.1) is 10.0 Å². The summed E-state index contributed by atoms with van der Waals surface area (Å²) in [6.45, 7) is 0.0254. The van der Waals surface area contributed by atoms with Crippen molar-refractivity contribution < 1.29 is 9.53 Å². The molecule has 0 spiro atoms. The molecule has 2 rings (SSSR count). The van der Waals surface area contributed by atoms with E-state index >= 15 is 0 Å². The van der Waals surface area contributed by atoms with Gasteiger partial charge in [-0.05, 0) is 35.9 Å². The topological polar surface area (TPSA) is 62.1 Å². The Morgan fingerprint density at radius 3 is 2.44 bits per heavy atom. The normalized spacial score (nSPS) is 10.5. The number of para-hydroxylation sites is 1. The van der Waals surface area contributed by atoms with Crippen molar-refractivity contribution in [3.8, 4) is 24.2 Å². The van der Waals surface area contributed by atoms with Gasteiger partial charge in [-0.1, -0.05) is 47.3 Å². The molecular weight excluding hydrogens is 359 g/mol. The second-order valence-corrected chi connectivity index (χ2v) is 5.61. The third kappa shape index (κ3) is 5.02. The average molecular weight is 371 g/mol. The van der Waals surface area contributed by atoms with Gasteiger partial charge in [0.1, 0.15) is 18.2 Å². The van der Waals surface area contributed by atoms with E-state index < -0.39 is 5.91 Å². The first-order chi connectivity index (χ1) is 12.0. The Kier molecular flexibility index (Phi) is 6.48. The van der Waals surface area contributed by atoms with Crippen LogP contribution in [-0.4, -0.2) is 12.5 Å². The third-order valence-corrected chi connectivity index (χ3v) is 3.59. The summed E-state index contributed by atoms with van der Waals surface area (Å²) in [5, 5.41) is 12.4. The molecule has 0 bridgehead atoms. The summed E-state index contributed by atoms with van der Waals surface area (Å²) >= 11 is 12.2. The van der Waals surface area contributed by atoms with E-state index in [4.69, 9.17) is 34.4 Å². The predicted molar refractivity (Wildman–Crippen MR) is 99.5 cm³/mol. The second kappa shape index (κ2) is 8.80. The molecule has 2 aromatic rings. The van der Waals surface area contributed by atoms with E-state index in [-0.39, 0.29) is 28.0 Å². The SMILES string of the molecule is C#CCOc1c(Cl)cc(/C=C(/C#N)C(=O)Nc2ccccc2)cc1Cl. The smallest absolute Gasteiger partial charge is 0.266 e. The zero-order chi connectivity index (χ0) is 18.2. The number of ether oxygens (including phenoxy) is 1. The van der Waals surface area contributed by atoms with Crippen molar-refractivity contribution in [2.24, 2.45) is 0 Å². The Labute approximate surface area is 155 Å². The molecule has 0 saturated heterocycles. The first-order valence-corrected chi connectivity index (χ1v) is 7.84. The summed E-state index contributed by atoms with van der Waals surface area (Å²) in [4.78, 5) is 12.2. The lowest BCUT2D eigenvalue weighted by Gasteiger charge is -2.09. The van der Waals surface area contributed by atoms with Crippen LogP contribution >= 0.6 is 23.2 Å². The van der Waals surface area contributed by atoms with Crippen LogP contribution in [0.2, 0.25) is 10.0 Å². The molecule has 0 saturated carbocycles. The maximum absolute atomic E-state index is 12.2. The van der Waals surface area contributed by atoms with Crippen molar-refractivity contribution in [1.29, 1.82) is 5.26 Å². The number of benzene rings is 2. The average Bonchev–Trinajstić information content (AvgIpc) is 2.59. The van der Waals surface area contributed by atoms with Crippen molar-refractivity contribution in [1.82, 2.24) is 0 Å². The fraction of sp³-hybridized carbons (Fsp3) is 0.0526. The first kappa shape index (κ1) is 18.4. The van der Waals surface area contributed by atoms with Gasteiger partial charge in [-0.2, -0.15) is 5.26 Å². The van der Waals surface area contributed by atoms with Gasteiger partial charge in [0.2, 0.25) is 0 Å². The summed E-state index contributed by atoms with van der Waals surface area (Å²) in [5.41, 5.74) is 0.985. The van der Waals surface area contributed by atoms with Crippen LogP contribution in [0.1, 0.15) is 5.56 Å². The van der Waals surface area contributed by atoms with Crippen LogP contribution in [0.25, 0.3) is 6.08 Å². The van der Waals surface area contributed by atoms with Crippen molar-refractivity contribution in [2.45, 2.75) is 0 Å². The molecule has 0 aromatic heterocycles. The molecular formula is C19H12Cl2N2O2. The van der Waals surface area contributed by atoms with E-state index in [1.54, 1.807) is 24.3 Å². The molecule has 0 heterocycles. The number of terminal acetylenes is 1. The van der Waals surface area contributed by atoms with Crippen LogP contribution in [0.4, 0.5) is 5.69 Å². The first-order valence-electron chi connectivity index (χ1n) is 7.08. The minimum Gasteiger partial charge on any atom is -0.478 e. The van der Waals surface area contributed by atoms with Crippen LogP contribution in [0.15, 0.2) is 48.0 Å². The number of hydrogen-bond donors (Lipinski definition) is 1.